The van der Waals surface area contributed by atoms with Gasteiger partial charge in [-0.15, -0.1) is 0 Å². The van der Waals surface area contributed by atoms with E-state index in [1.165, 1.54) is 6.92 Å². The molecule has 0 aromatic carbocycles. The Balaban J connectivity index is 2.60. The molecule has 1 fully saturated rings. The second-order valence-electron chi connectivity index (χ2n) is 3.56. The van der Waals surface area contributed by atoms with Gasteiger partial charge in [-0.05, 0) is 0 Å². The number of carbonyl (C=O) groups is 1. The van der Waals surface area contributed by atoms with Crippen LogP contribution in [-0.4, -0.2) is 53.4 Å². The highest BCUT2D eigenvalue weighted by atomic mass is 19.3. The van der Waals surface area contributed by atoms with E-state index in [9.17, 15) is 23.8 Å². The van der Waals surface area contributed by atoms with Crippen LogP contribution in [0.25, 0.3) is 0 Å². The molecule has 5 nitrogen and oxygen atoms in total. The molecule has 0 aliphatic carbocycles. The Hall–Kier alpha value is -0.790. The van der Waals surface area contributed by atoms with Crippen molar-refractivity contribution in [3.05, 3.63) is 0 Å². The van der Waals surface area contributed by atoms with Crippen molar-refractivity contribution in [2.45, 2.75) is 37.6 Å². The zero-order valence-electron chi connectivity index (χ0n) is 8.15. The smallest absolute Gasteiger partial charge is 0.256 e. The lowest BCUT2D eigenvalue weighted by molar-refractivity contribution is -0.124. The molecule has 0 unspecified atom stereocenters. The standard InChI is InChI=1S/C8H14F2N2O3/c1-3(13)12-4-2-11-5(8(9)10)7(15)6(4)14/h4-8,11,14-15H,2H2,1H3,(H,12,13)/t4-,5-,6+,7+/m0/s1. The Labute approximate surface area is 85.5 Å². The van der Waals surface area contributed by atoms with Crippen molar-refractivity contribution < 1.29 is 23.8 Å². The topological polar surface area (TPSA) is 81.6 Å². The molecule has 88 valence electrons. The normalized spacial score (nSPS) is 36.7. The van der Waals surface area contributed by atoms with Crippen LogP contribution in [0.4, 0.5) is 8.78 Å². The van der Waals surface area contributed by atoms with E-state index in [-0.39, 0.29) is 12.5 Å². The van der Waals surface area contributed by atoms with E-state index in [2.05, 4.69) is 10.6 Å². The van der Waals surface area contributed by atoms with E-state index in [4.69, 9.17) is 0 Å². The Kier molecular flexibility index (Phi) is 3.95. The van der Waals surface area contributed by atoms with Crippen molar-refractivity contribution in [2.24, 2.45) is 0 Å². The van der Waals surface area contributed by atoms with Gasteiger partial charge < -0.3 is 20.8 Å². The van der Waals surface area contributed by atoms with Crippen molar-refractivity contribution in [1.82, 2.24) is 10.6 Å². The number of hydrogen-bond acceptors (Lipinski definition) is 4. The van der Waals surface area contributed by atoms with Gasteiger partial charge in [-0.1, -0.05) is 0 Å². The molecule has 1 amide bonds. The highest BCUT2D eigenvalue weighted by Crippen LogP contribution is 2.16. The fourth-order valence-electron chi connectivity index (χ4n) is 1.59. The number of nitrogens with one attached hydrogen (secondary N) is 2. The van der Waals surface area contributed by atoms with Crippen molar-refractivity contribution in [3.63, 3.8) is 0 Å². The Morgan fingerprint density at radius 1 is 1.47 bits per heavy atom. The summed E-state index contributed by atoms with van der Waals surface area (Å²) in [5.74, 6) is -0.386. The first kappa shape index (κ1) is 12.3. The largest absolute Gasteiger partial charge is 0.388 e. The maximum Gasteiger partial charge on any atom is 0.256 e. The van der Waals surface area contributed by atoms with Crippen molar-refractivity contribution in [1.29, 1.82) is 0 Å². The minimum atomic E-state index is -2.76. The number of alkyl halides is 2. The van der Waals surface area contributed by atoms with E-state index in [1.807, 2.05) is 0 Å². The molecule has 1 aliphatic rings. The lowest BCUT2D eigenvalue weighted by atomic mass is 9.94. The van der Waals surface area contributed by atoms with Gasteiger partial charge in [0.25, 0.3) is 6.43 Å². The monoisotopic (exact) mass is 224 g/mol. The number of halogens is 2. The maximum absolute atomic E-state index is 12.3. The van der Waals surface area contributed by atoms with Crippen molar-refractivity contribution in [2.75, 3.05) is 6.54 Å². The fourth-order valence-corrected chi connectivity index (χ4v) is 1.59. The number of hydrogen-bond donors (Lipinski definition) is 4. The molecule has 15 heavy (non-hydrogen) atoms. The summed E-state index contributed by atoms with van der Waals surface area (Å²) >= 11 is 0. The predicted octanol–water partition coefficient (Wildman–Crippen LogP) is -1.55. The quantitative estimate of drug-likeness (QED) is 0.458. The fraction of sp³-hybridized carbons (Fsp3) is 0.875. The molecule has 0 bridgehead atoms. The highest BCUT2D eigenvalue weighted by Gasteiger charge is 2.41. The van der Waals surface area contributed by atoms with Crippen molar-refractivity contribution >= 4 is 5.91 Å². The van der Waals surface area contributed by atoms with Crippen LogP contribution in [-0.2, 0) is 4.79 Å². The minimum absolute atomic E-state index is 0.00676. The van der Waals surface area contributed by atoms with Gasteiger partial charge in [-0.2, -0.15) is 0 Å². The summed E-state index contributed by atoms with van der Waals surface area (Å²) in [4.78, 5) is 10.7. The first-order chi connectivity index (χ1) is 6.93. The van der Waals surface area contributed by atoms with Crippen molar-refractivity contribution in [3.8, 4) is 0 Å². The molecule has 4 atom stereocenters. The second kappa shape index (κ2) is 4.82. The van der Waals surface area contributed by atoms with Crippen LogP contribution in [0, 0.1) is 0 Å². The van der Waals surface area contributed by atoms with Crippen LogP contribution in [0.1, 0.15) is 6.92 Å². The van der Waals surface area contributed by atoms with Gasteiger partial charge in [0.2, 0.25) is 5.91 Å². The average molecular weight is 224 g/mol. The predicted molar refractivity (Wildman–Crippen MR) is 47.4 cm³/mol. The molecular formula is C8H14F2N2O3. The Morgan fingerprint density at radius 2 is 2.07 bits per heavy atom. The Morgan fingerprint density at radius 3 is 2.53 bits per heavy atom. The van der Waals surface area contributed by atoms with E-state index in [0.717, 1.165) is 0 Å². The van der Waals surface area contributed by atoms with Gasteiger partial charge in [0.15, 0.2) is 0 Å². The number of rotatable bonds is 2. The van der Waals surface area contributed by atoms with E-state index in [1.54, 1.807) is 0 Å². The third-order valence-electron chi connectivity index (χ3n) is 2.36. The summed E-state index contributed by atoms with van der Waals surface area (Å²) in [6.07, 6.45) is -5.72. The molecule has 1 rings (SSSR count). The highest BCUT2D eigenvalue weighted by molar-refractivity contribution is 5.73. The van der Waals surface area contributed by atoms with Crippen LogP contribution in [0.15, 0.2) is 0 Å². The van der Waals surface area contributed by atoms with Gasteiger partial charge in [0.05, 0.1) is 12.1 Å². The molecule has 0 spiro atoms. The lowest BCUT2D eigenvalue weighted by Gasteiger charge is -2.38. The van der Waals surface area contributed by atoms with Gasteiger partial charge in [-0.3, -0.25) is 4.79 Å². The summed E-state index contributed by atoms with van der Waals surface area (Å²) in [5.41, 5.74) is 0. The van der Waals surface area contributed by atoms with Crippen LogP contribution < -0.4 is 10.6 Å². The molecule has 7 heteroatoms. The maximum atomic E-state index is 12.3. The van der Waals surface area contributed by atoms with E-state index >= 15 is 0 Å². The molecule has 0 aromatic heterocycles. The summed E-state index contributed by atoms with van der Waals surface area (Å²) in [6, 6.07) is -2.20. The molecule has 0 saturated carbocycles. The Bertz CT molecular complexity index is 240. The summed E-state index contributed by atoms with van der Waals surface area (Å²) < 4.78 is 24.6. The number of aliphatic hydroxyl groups excluding tert-OH is 2. The molecule has 0 aromatic rings. The third-order valence-corrected chi connectivity index (χ3v) is 2.36. The van der Waals surface area contributed by atoms with Crippen LogP contribution in [0.5, 0.6) is 0 Å². The summed E-state index contributed by atoms with van der Waals surface area (Å²) in [5, 5.41) is 23.6. The summed E-state index contributed by atoms with van der Waals surface area (Å²) in [7, 11) is 0. The molecular weight excluding hydrogens is 210 g/mol. The molecule has 1 aliphatic heterocycles. The molecule has 1 saturated heterocycles. The number of carbonyl (C=O) groups excluding carboxylic acids is 1. The van der Waals surface area contributed by atoms with Gasteiger partial charge >= 0.3 is 0 Å². The zero-order valence-corrected chi connectivity index (χ0v) is 8.15. The van der Waals surface area contributed by atoms with Crippen LogP contribution in [0.3, 0.4) is 0 Å². The van der Waals surface area contributed by atoms with Gasteiger partial charge in [-0.25, -0.2) is 8.78 Å². The van der Waals surface area contributed by atoms with Gasteiger partial charge in [0.1, 0.15) is 12.2 Å². The minimum Gasteiger partial charge on any atom is -0.388 e. The molecule has 0 radical (unpaired) electrons. The lowest BCUT2D eigenvalue weighted by Crippen LogP contribution is -2.66. The molecule has 1 heterocycles. The van der Waals surface area contributed by atoms with E-state index < -0.39 is 30.7 Å². The number of aliphatic hydroxyl groups is 2. The van der Waals surface area contributed by atoms with E-state index in [0.29, 0.717) is 0 Å². The van der Waals surface area contributed by atoms with Crippen LogP contribution in [0.2, 0.25) is 0 Å². The first-order valence-electron chi connectivity index (χ1n) is 4.58. The average Bonchev–Trinajstić information content (AvgIpc) is 2.12. The van der Waals surface area contributed by atoms with Crippen LogP contribution >= 0.6 is 0 Å². The SMILES string of the molecule is CC(=O)N[C@H]1CN[C@H](C(F)F)[C@@H](O)[C@@H]1O. The third kappa shape index (κ3) is 2.83. The number of piperidine rings is 1. The summed E-state index contributed by atoms with van der Waals surface area (Å²) in [6.45, 7) is 1.26. The zero-order chi connectivity index (χ0) is 11.6. The second-order valence-corrected chi connectivity index (χ2v) is 3.56. The van der Waals surface area contributed by atoms with Gasteiger partial charge in [0, 0.05) is 13.5 Å². The first-order valence-corrected chi connectivity index (χ1v) is 4.58. The molecule has 4 N–H and O–H groups in total. The number of amides is 1.